The predicted octanol–water partition coefficient (Wildman–Crippen LogP) is 4.32. The van der Waals surface area contributed by atoms with Gasteiger partial charge in [0.15, 0.2) is 5.82 Å². The van der Waals surface area contributed by atoms with Gasteiger partial charge in [-0.25, -0.2) is 4.68 Å². The van der Waals surface area contributed by atoms with Gasteiger partial charge in [0.05, 0.1) is 0 Å². The molecule has 1 heterocycles. The van der Waals surface area contributed by atoms with Gasteiger partial charge < -0.3 is 10.6 Å². The Hall–Kier alpha value is -2.13. The van der Waals surface area contributed by atoms with E-state index in [1.54, 1.807) is 12.1 Å². The zero-order valence-corrected chi connectivity index (χ0v) is 15.2. The Balaban J connectivity index is 1.72. The molecule has 0 aliphatic rings. The van der Waals surface area contributed by atoms with Gasteiger partial charge in [0.1, 0.15) is 5.75 Å². The molecule has 0 bridgehead atoms. The number of benzene rings is 2. The zero-order valence-electron chi connectivity index (χ0n) is 12.8. The predicted molar refractivity (Wildman–Crippen MR) is 95.9 cm³/mol. The van der Waals surface area contributed by atoms with Crippen LogP contribution in [0, 0.1) is 0 Å². The number of rotatable bonds is 6. The van der Waals surface area contributed by atoms with E-state index in [9.17, 15) is 8.78 Å². The first-order chi connectivity index (χ1) is 12.0. The standard InChI is InChI=1S/C16H13BrF2N4OS/c17-12-3-1-2-10(8-12)9-25-16-22-21-14(23(16)20)11-4-6-13(7-5-11)24-15(18)19/h1-8,15H,9,20H2. The molecule has 5 nitrogen and oxygen atoms in total. The molecule has 0 saturated carbocycles. The molecular formula is C16H13BrF2N4OS. The first kappa shape index (κ1) is 17.7. The van der Waals surface area contributed by atoms with E-state index in [1.807, 2.05) is 24.3 Å². The third kappa shape index (κ3) is 4.49. The Labute approximate surface area is 155 Å². The summed E-state index contributed by atoms with van der Waals surface area (Å²) >= 11 is 4.89. The lowest BCUT2D eigenvalue weighted by Gasteiger charge is -2.06. The van der Waals surface area contributed by atoms with Crippen molar-refractivity contribution in [3.05, 3.63) is 58.6 Å². The molecule has 0 spiro atoms. The number of nitrogens with zero attached hydrogens (tertiary/aromatic N) is 3. The van der Waals surface area contributed by atoms with Crippen LogP contribution in [-0.4, -0.2) is 21.5 Å². The van der Waals surface area contributed by atoms with Gasteiger partial charge in [-0.1, -0.05) is 39.8 Å². The van der Waals surface area contributed by atoms with Crippen LogP contribution in [0.25, 0.3) is 11.4 Å². The number of thioether (sulfide) groups is 1. The van der Waals surface area contributed by atoms with Gasteiger partial charge in [0.25, 0.3) is 0 Å². The highest BCUT2D eigenvalue weighted by atomic mass is 79.9. The second-order valence-corrected chi connectivity index (χ2v) is 6.86. The van der Waals surface area contributed by atoms with Crippen molar-refractivity contribution in [3.8, 4) is 17.1 Å². The minimum absolute atomic E-state index is 0.0751. The van der Waals surface area contributed by atoms with Crippen LogP contribution in [0.4, 0.5) is 8.78 Å². The number of hydrogen-bond donors (Lipinski definition) is 1. The fourth-order valence-electron chi connectivity index (χ4n) is 2.13. The second-order valence-electron chi connectivity index (χ2n) is 5.00. The highest BCUT2D eigenvalue weighted by Crippen LogP contribution is 2.26. The SMILES string of the molecule is Nn1c(SCc2cccc(Br)c2)nnc1-c1ccc(OC(F)F)cc1. The Morgan fingerprint density at radius 3 is 2.60 bits per heavy atom. The van der Waals surface area contributed by atoms with E-state index in [4.69, 9.17) is 5.84 Å². The summed E-state index contributed by atoms with van der Waals surface area (Å²) in [4.78, 5) is 0. The molecular weight excluding hydrogens is 414 g/mol. The van der Waals surface area contributed by atoms with E-state index in [1.165, 1.54) is 28.6 Å². The minimum atomic E-state index is -2.86. The molecule has 2 aromatic carbocycles. The van der Waals surface area contributed by atoms with Crippen LogP contribution in [0.5, 0.6) is 5.75 Å². The molecule has 0 unspecified atom stereocenters. The Kier molecular flexibility index (Phi) is 5.54. The number of ether oxygens (including phenoxy) is 1. The van der Waals surface area contributed by atoms with Gasteiger partial charge in [-0.15, -0.1) is 10.2 Å². The summed E-state index contributed by atoms with van der Waals surface area (Å²) in [6, 6.07) is 14.0. The van der Waals surface area contributed by atoms with Crippen LogP contribution < -0.4 is 10.6 Å². The van der Waals surface area contributed by atoms with E-state index in [0.29, 0.717) is 22.3 Å². The largest absolute Gasteiger partial charge is 0.435 e. The van der Waals surface area contributed by atoms with Crippen LogP contribution in [0.15, 0.2) is 58.2 Å². The smallest absolute Gasteiger partial charge is 0.387 e. The third-order valence-corrected chi connectivity index (χ3v) is 4.77. The summed E-state index contributed by atoms with van der Waals surface area (Å²) in [5.41, 5.74) is 1.78. The van der Waals surface area contributed by atoms with Crippen molar-refractivity contribution in [2.24, 2.45) is 0 Å². The number of nitrogen functional groups attached to an aromatic ring is 1. The van der Waals surface area contributed by atoms with Crippen LogP contribution in [0.1, 0.15) is 5.56 Å². The number of alkyl halides is 2. The molecule has 0 radical (unpaired) electrons. The van der Waals surface area contributed by atoms with E-state index >= 15 is 0 Å². The third-order valence-electron chi connectivity index (χ3n) is 3.26. The van der Waals surface area contributed by atoms with Gasteiger partial charge in [0, 0.05) is 15.8 Å². The van der Waals surface area contributed by atoms with Gasteiger partial charge in [-0.05, 0) is 42.0 Å². The van der Waals surface area contributed by atoms with E-state index in [0.717, 1.165) is 10.0 Å². The number of hydrogen-bond acceptors (Lipinski definition) is 5. The molecule has 1 aromatic heterocycles. The molecule has 2 N–H and O–H groups in total. The van der Waals surface area contributed by atoms with Crippen LogP contribution in [0.2, 0.25) is 0 Å². The highest BCUT2D eigenvalue weighted by Gasteiger charge is 2.13. The van der Waals surface area contributed by atoms with Crippen molar-refractivity contribution in [2.75, 3.05) is 5.84 Å². The number of aromatic nitrogens is 3. The number of nitrogens with two attached hydrogens (primary N) is 1. The quantitative estimate of drug-likeness (QED) is 0.469. The molecule has 3 aromatic rings. The summed E-state index contributed by atoms with van der Waals surface area (Å²) in [6.45, 7) is -2.86. The van der Waals surface area contributed by atoms with E-state index < -0.39 is 6.61 Å². The average molecular weight is 427 g/mol. The monoisotopic (exact) mass is 426 g/mol. The summed E-state index contributed by atoms with van der Waals surface area (Å²) < 4.78 is 31.1. The van der Waals surface area contributed by atoms with Crippen LogP contribution in [0.3, 0.4) is 0 Å². The summed E-state index contributed by atoms with van der Waals surface area (Å²) in [6.07, 6.45) is 0. The fraction of sp³-hybridized carbons (Fsp3) is 0.125. The summed E-state index contributed by atoms with van der Waals surface area (Å²) in [5.74, 6) is 7.27. The summed E-state index contributed by atoms with van der Waals surface area (Å²) in [5, 5.41) is 8.72. The molecule has 0 saturated heterocycles. The Morgan fingerprint density at radius 2 is 1.92 bits per heavy atom. The van der Waals surface area contributed by atoms with Crippen molar-refractivity contribution in [2.45, 2.75) is 17.5 Å². The van der Waals surface area contributed by atoms with Gasteiger partial charge >= 0.3 is 6.61 Å². The summed E-state index contributed by atoms with van der Waals surface area (Å²) in [7, 11) is 0. The molecule has 0 atom stereocenters. The molecule has 3 rings (SSSR count). The maximum atomic E-state index is 12.2. The fourth-order valence-corrected chi connectivity index (χ4v) is 3.38. The maximum Gasteiger partial charge on any atom is 0.387 e. The number of halogens is 3. The minimum Gasteiger partial charge on any atom is -0.435 e. The Morgan fingerprint density at radius 1 is 1.16 bits per heavy atom. The van der Waals surface area contributed by atoms with Crippen molar-refractivity contribution in [1.29, 1.82) is 0 Å². The van der Waals surface area contributed by atoms with E-state index in [-0.39, 0.29) is 5.75 Å². The molecule has 0 aliphatic heterocycles. The molecule has 0 amide bonds. The first-order valence-electron chi connectivity index (χ1n) is 7.16. The first-order valence-corrected chi connectivity index (χ1v) is 8.94. The Bertz CT molecular complexity index is 858. The molecule has 0 fully saturated rings. The van der Waals surface area contributed by atoms with Gasteiger partial charge in [-0.2, -0.15) is 8.78 Å². The molecule has 25 heavy (non-hydrogen) atoms. The van der Waals surface area contributed by atoms with Gasteiger partial charge in [-0.3, -0.25) is 0 Å². The molecule has 130 valence electrons. The highest BCUT2D eigenvalue weighted by molar-refractivity contribution is 9.10. The average Bonchev–Trinajstić information content (AvgIpc) is 2.94. The lowest BCUT2D eigenvalue weighted by molar-refractivity contribution is -0.0498. The zero-order chi connectivity index (χ0) is 17.8. The second kappa shape index (κ2) is 7.83. The van der Waals surface area contributed by atoms with Crippen LogP contribution in [-0.2, 0) is 5.75 Å². The van der Waals surface area contributed by atoms with Crippen molar-refractivity contribution < 1.29 is 13.5 Å². The van der Waals surface area contributed by atoms with Crippen molar-refractivity contribution in [3.63, 3.8) is 0 Å². The maximum absolute atomic E-state index is 12.2. The lowest BCUT2D eigenvalue weighted by atomic mass is 10.2. The van der Waals surface area contributed by atoms with Crippen molar-refractivity contribution >= 4 is 27.7 Å². The topological polar surface area (TPSA) is 66.0 Å². The van der Waals surface area contributed by atoms with Gasteiger partial charge in [0.2, 0.25) is 5.16 Å². The van der Waals surface area contributed by atoms with Crippen molar-refractivity contribution in [1.82, 2.24) is 14.9 Å². The lowest BCUT2D eigenvalue weighted by Crippen LogP contribution is -2.11. The van der Waals surface area contributed by atoms with E-state index in [2.05, 4.69) is 30.9 Å². The normalized spacial score (nSPS) is 11.0. The molecule has 0 aliphatic carbocycles. The molecule has 9 heteroatoms. The van der Waals surface area contributed by atoms with Crippen LogP contribution >= 0.6 is 27.7 Å².